The van der Waals surface area contributed by atoms with E-state index in [1.165, 1.54) is 169 Å². The van der Waals surface area contributed by atoms with Crippen molar-refractivity contribution < 1.29 is 0 Å². The van der Waals surface area contributed by atoms with Crippen molar-refractivity contribution in [3.63, 3.8) is 0 Å². The summed E-state index contributed by atoms with van der Waals surface area (Å²) in [7, 11) is 0. The molecule has 0 radical (unpaired) electrons. The quantitative estimate of drug-likeness (QED) is 0.149. The van der Waals surface area contributed by atoms with E-state index in [0.29, 0.717) is 5.92 Å². The highest BCUT2D eigenvalue weighted by Crippen LogP contribution is 2.51. The van der Waals surface area contributed by atoms with E-state index in [0.717, 1.165) is 11.8 Å². The Kier molecular flexibility index (Phi) is 10.6. The molecule has 0 heterocycles. The molecule has 4 aliphatic carbocycles. The van der Waals surface area contributed by atoms with Gasteiger partial charge in [0.2, 0.25) is 0 Å². The molecule has 3 saturated carbocycles. The van der Waals surface area contributed by atoms with Crippen LogP contribution in [0.1, 0.15) is 161 Å². The SMILES string of the molecule is Cc1cc(N(c2ccc(C3CCCCC3)cc2)c2ccc3c(c2)C(C)(C)c2ccccc2-3)ccc1-c1ccc(-c2cc(C3CCCCC3)cc(C3CCCCC3)c2)cc1. The highest BCUT2D eigenvalue weighted by Gasteiger charge is 2.36. The summed E-state index contributed by atoms with van der Waals surface area (Å²) in [5.74, 6) is 2.14. The minimum atomic E-state index is -0.0565. The van der Waals surface area contributed by atoms with E-state index in [1.54, 1.807) is 11.1 Å². The molecule has 0 amide bonds. The van der Waals surface area contributed by atoms with Gasteiger partial charge in [-0.25, -0.2) is 0 Å². The highest BCUT2D eigenvalue weighted by atomic mass is 15.1. The third-order valence-corrected chi connectivity index (χ3v) is 15.2. The standard InChI is InChI=1S/C58H63N/c1-40-35-51(31-33-53(40)46-25-23-45(24-26-46)49-37-47(42-17-9-5-10-18-42)36-48(38-49)43-19-11-6-12-20-43)59(50-29-27-44(28-30-50)41-15-7-4-8-16-41)52-32-34-55-54-21-13-14-22-56(54)58(2,3)57(55)39-52/h13-14,21-39,41-43H,4-12,15-20H2,1-3H3. The van der Waals surface area contributed by atoms with Crippen LogP contribution in [0, 0.1) is 6.92 Å². The first kappa shape index (κ1) is 38.3. The van der Waals surface area contributed by atoms with Gasteiger partial charge in [0, 0.05) is 22.5 Å². The summed E-state index contributed by atoms with van der Waals surface area (Å²) in [6.07, 6.45) is 20.5. The zero-order chi connectivity index (χ0) is 39.9. The summed E-state index contributed by atoms with van der Waals surface area (Å²) in [5, 5.41) is 0. The van der Waals surface area contributed by atoms with Gasteiger partial charge in [-0.05, 0) is 166 Å². The minimum Gasteiger partial charge on any atom is -0.310 e. The average molecular weight is 774 g/mol. The molecule has 6 aromatic carbocycles. The van der Waals surface area contributed by atoms with Gasteiger partial charge in [-0.3, -0.25) is 0 Å². The molecule has 0 aromatic heterocycles. The van der Waals surface area contributed by atoms with Crippen molar-refractivity contribution in [2.24, 2.45) is 0 Å². The van der Waals surface area contributed by atoms with Crippen molar-refractivity contribution in [2.45, 2.75) is 140 Å². The molecule has 300 valence electrons. The molecule has 0 unspecified atom stereocenters. The van der Waals surface area contributed by atoms with Crippen LogP contribution >= 0.6 is 0 Å². The second-order valence-corrected chi connectivity index (χ2v) is 19.3. The maximum absolute atomic E-state index is 2.62. The molecule has 59 heavy (non-hydrogen) atoms. The summed E-state index contributed by atoms with van der Waals surface area (Å²) in [4.78, 5) is 2.49. The van der Waals surface area contributed by atoms with Crippen LogP contribution in [0.15, 0.2) is 127 Å². The highest BCUT2D eigenvalue weighted by molar-refractivity contribution is 5.86. The van der Waals surface area contributed by atoms with Crippen molar-refractivity contribution in [1.82, 2.24) is 0 Å². The lowest BCUT2D eigenvalue weighted by Gasteiger charge is -2.29. The summed E-state index contributed by atoms with van der Waals surface area (Å²) in [5.41, 5.74) is 20.5. The van der Waals surface area contributed by atoms with Gasteiger partial charge in [0.25, 0.3) is 0 Å². The molecule has 0 atom stereocenters. The second-order valence-electron chi connectivity index (χ2n) is 19.3. The fourth-order valence-corrected chi connectivity index (χ4v) is 11.7. The first-order valence-corrected chi connectivity index (χ1v) is 23.4. The number of fused-ring (bicyclic) bond motifs is 3. The summed E-state index contributed by atoms with van der Waals surface area (Å²) < 4.78 is 0. The van der Waals surface area contributed by atoms with E-state index in [2.05, 4.69) is 153 Å². The topological polar surface area (TPSA) is 3.24 Å². The van der Waals surface area contributed by atoms with Crippen LogP contribution in [0.2, 0.25) is 0 Å². The number of nitrogens with zero attached hydrogens (tertiary/aromatic N) is 1. The summed E-state index contributed by atoms with van der Waals surface area (Å²) >= 11 is 0. The monoisotopic (exact) mass is 773 g/mol. The van der Waals surface area contributed by atoms with Crippen LogP contribution < -0.4 is 4.90 Å². The molecular weight excluding hydrogens is 711 g/mol. The Morgan fingerprint density at radius 1 is 0.390 bits per heavy atom. The third kappa shape index (κ3) is 7.49. The Morgan fingerprint density at radius 3 is 1.47 bits per heavy atom. The molecule has 0 N–H and O–H groups in total. The molecule has 4 aliphatic rings. The molecule has 0 spiro atoms. The normalized spacial score (nSPS) is 18.4. The van der Waals surface area contributed by atoms with Crippen LogP contribution in [0.3, 0.4) is 0 Å². The maximum atomic E-state index is 2.62. The number of hydrogen-bond acceptors (Lipinski definition) is 1. The van der Waals surface area contributed by atoms with Crippen molar-refractivity contribution in [3.05, 3.63) is 161 Å². The van der Waals surface area contributed by atoms with Crippen molar-refractivity contribution in [3.8, 4) is 33.4 Å². The van der Waals surface area contributed by atoms with Crippen LogP contribution in [-0.4, -0.2) is 0 Å². The fourth-order valence-electron chi connectivity index (χ4n) is 11.7. The van der Waals surface area contributed by atoms with E-state index < -0.39 is 0 Å². The number of anilines is 3. The van der Waals surface area contributed by atoms with Crippen molar-refractivity contribution in [2.75, 3.05) is 4.90 Å². The Balaban J connectivity index is 0.984. The lowest BCUT2D eigenvalue weighted by molar-refractivity contribution is 0.435. The first-order chi connectivity index (χ1) is 28.9. The van der Waals surface area contributed by atoms with E-state index >= 15 is 0 Å². The Bertz CT molecular complexity index is 2380. The molecule has 0 bridgehead atoms. The van der Waals surface area contributed by atoms with E-state index in [-0.39, 0.29) is 5.41 Å². The molecular formula is C58H63N. The molecule has 0 aliphatic heterocycles. The smallest absolute Gasteiger partial charge is 0.0465 e. The van der Waals surface area contributed by atoms with Crippen LogP contribution in [-0.2, 0) is 5.41 Å². The average Bonchev–Trinajstić information content (AvgIpc) is 3.53. The molecule has 6 aromatic rings. The predicted octanol–water partition coefficient (Wildman–Crippen LogP) is 17.2. The number of aryl methyl sites for hydroxylation is 1. The summed E-state index contributed by atoms with van der Waals surface area (Å²) in [6, 6.07) is 50.1. The largest absolute Gasteiger partial charge is 0.310 e. The number of rotatable bonds is 8. The van der Waals surface area contributed by atoms with Gasteiger partial charge in [-0.15, -0.1) is 0 Å². The van der Waals surface area contributed by atoms with Gasteiger partial charge in [0.05, 0.1) is 0 Å². The second kappa shape index (κ2) is 16.3. The molecule has 1 heteroatoms. The molecule has 0 saturated heterocycles. The van der Waals surface area contributed by atoms with Gasteiger partial charge < -0.3 is 4.90 Å². The van der Waals surface area contributed by atoms with E-state index in [9.17, 15) is 0 Å². The molecule has 1 nitrogen and oxygen atoms in total. The maximum Gasteiger partial charge on any atom is 0.0465 e. The number of hydrogen-bond donors (Lipinski definition) is 0. The van der Waals surface area contributed by atoms with E-state index in [1.807, 2.05) is 0 Å². The fraction of sp³-hybridized carbons (Fsp3) is 0.379. The number of benzene rings is 6. The molecule has 10 rings (SSSR count). The van der Waals surface area contributed by atoms with Gasteiger partial charge in [0.15, 0.2) is 0 Å². The lowest BCUT2D eigenvalue weighted by Crippen LogP contribution is -2.16. The van der Waals surface area contributed by atoms with E-state index in [4.69, 9.17) is 0 Å². The van der Waals surface area contributed by atoms with Crippen molar-refractivity contribution in [1.29, 1.82) is 0 Å². The minimum absolute atomic E-state index is 0.0565. The third-order valence-electron chi connectivity index (χ3n) is 15.2. The zero-order valence-electron chi connectivity index (χ0n) is 35.9. The lowest BCUT2D eigenvalue weighted by atomic mass is 9.78. The van der Waals surface area contributed by atoms with Gasteiger partial charge in [-0.2, -0.15) is 0 Å². The zero-order valence-corrected chi connectivity index (χ0v) is 35.9. The van der Waals surface area contributed by atoms with Gasteiger partial charge >= 0.3 is 0 Å². The van der Waals surface area contributed by atoms with Gasteiger partial charge in [0.1, 0.15) is 0 Å². The van der Waals surface area contributed by atoms with Crippen LogP contribution in [0.5, 0.6) is 0 Å². The van der Waals surface area contributed by atoms with Crippen LogP contribution in [0.25, 0.3) is 33.4 Å². The first-order valence-electron chi connectivity index (χ1n) is 23.4. The Hall–Kier alpha value is -4.88. The predicted molar refractivity (Wildman–Crippen MR) is 252 cm³/mol. The van der Waals surface area contributed by atoms with Crippen molar-refractivity contribution >= 4 is 17.1 Å². The van der Waals surface area contributed by atoms with Crippen LogP contribution in [0.4, 0.5) is 17.1 Å². The summed E-state index contributed by atoms with van der Waals surface area (Å²) in [6.45, 7) is 7.07. The molecule has 3 fully saturated rings. The Labute approximate surface area is 354 Å². The Morgan fingerprint density at radius 2 is 0.881 bits per heavy atom. The van der Waals surface area contributed by atoms with Gasteiger partial charge in [-0.1, -0.05) is 163 Å².